The molecule has 0 radical (unpaired) electrons. The third-order valence-corrected chi connectivity index (χ3v) is 6.19. The smallest absolute Gasteiger partial charge is 0.375 e. The van der Waals surface area contributed by atoms with Crippen molar-refractivity contribution in [1.29, 1.82) is 0 Å². The van der Waals surface area contributed by atoms with Crippen molar-refractivity contribution >= 4 is 67.0 Å². The molecule has 0 unspecified atom stereocenters. The van der Waals surface area contributed by atoms with E-state index in [0.29, 0.717) is 0 Å². The van der Waals surface area contributed by atoms with Gasteiger partial charge in [0, 0.05) is 25.5 Å². The van der Waals surface area contributed by atoms with E-state index in [1.54, 1.807) is 7.05 Å². The Morgan fingerprint density at radius 3 is 1.76 bits per heavy atom. The van der Waals surface area contributed by atoms with Gasteiger partial charge in [-0.3, -0.25) is 13.9 Å². The third kappa shape index (κ3) is 8.72. The Labute approximate surface area is 224 Å². The van der Waals surface area contributed by atoms with Crippen molar-refractivity contribution in [2.45, 2.75) is 9.79 Å². The zero-order valence-corrected chi connectivity index (χ0v) is 22.8. The summed E-state index contributed by atoms with van der Waals surface area (Å²) in [7, 11) is -6.47. The van der Waals surface area contributed by atoms with E-state index in [1.165, 1.54) is 43.5 Å². The van der Waals surface area contributed by atoms with Gasteiger partial charge in [0.2, 0.25) is 5.91 Å². The number of benzene rings is 2. The molecule has 0 heterocycles. The molecule has 0 aliphatic heterocycles. The van der Waals surface area contributed by atoms with Crippen LogP contribution in [0.4, 0.5) is 11.4 Å². The molecular formula is C19H21N3NaO8S3+. The maximum absolute atomic E-state index is 11.9. The number of nitrogens with one attached hydrogen (secondary N) is 3. The molecule has 2 aromatic carbocycles. The van der Waals surface area contributed by atoms with Crippen LogP contribution in [0.2, 0.25) is 0 Å². The maximum atomic E-state index is 11.9. The minimum atomic E-state index is -4.70. The monoisotopic (exact) mass is 538 g/mol. The van der Waals surface area contributed by atoms with Crippen LogP contribution < -0.4 is 45.5 Å². The van der Waals surface area contributed by atoms with Crippen LogP contribution >= 0.6 is 12.2 Å². The Morgan fingerprint density at radius 2 is 1.38 bits per heavy atom. The summed E-state index contributed by atoms with van der Waals surface area (Å²) < 4.78 is 71.3. The Kier molecular flexibility index (Phi) is 11.3. The Balaban J connectivity index is 0.00000578. The number of rotatable bonds is 8. The predicted octanol–water partition coefficient (Wildman–Crippen LogP) is -1.14. The Morgan fingerprint density at radius 1 is 0.941 bits per heavy atom. The average molecular weight is 539 g/mol. The first kappa shape index (κ1) is 30.2. The van der Waals surface area contributed by atoms with Crippen LogP contribution in [0.3, 0.4) is 0 Å². The van der Waals surface area contributed by atoms with Gasteiger partial charge in [0.05, 0.1) is 0 Å². The summed E-state index contributed by atoms with van der Waals surface area (Å²) in [4.78, 5) is 10.7. The Hall–Kier alpha value is -1.88. The topological polar surface area (TPSA) is 171 Å². The van der Waals surface area contributed by atoms with Crippen LogP contribution in [0.1, 0.15) is 11.1 Å². The van der Waals surface area contributed by atoms with Crippen molar-refractivity contribution in [2.75, 3.05) is 31.4 Å². The van der Waals surface area contributed by atoms with Crippen molar-refractivity contribution in [1.82, 2.24) is 5.32 Å². The molecule has 0 spiro atoms. The summed E-state index contributed by atoms with van der Waals surface area (Å²) in [5.41, 5.74) is 0.421. The molecule has 34 heavy (non-hydrogen) atoms. The first-order valence-corrected chi connectivity index (χ1v) is 12.3. The first-order valence-electron chi connectivity index (χ1n) is 9.04. The number of carbonyl (C=O) groups excluding carboxylic acids is 1. The first-order chi connectivity index (χ1) is 15.3. The number of carbonyl (C=O) groups is 1. The second kappa shape index (κ2) is 12.7. The van der Waals surface area contributed by atoms with E-state index in [-0.39, 0.29) is 63.8 Å². The molecule has 0 saturated heterocycles. The molecule has 0 bridgehead atoms. The largest absolute Gasteiger partial charge is 1.00 e. The van der Waals surface area contributed by atoms with Crippen LogP contribution in [0.5, 0.6) is 0 Å². The summed E-state index contributed by atoms with van der Waals surface area (Å²) in [5, 5.41) is 8.02. The Bertz CT molecular complexity index is 1310. The molecular weight excluding hydrogens is 517 g/mol. The molecule has 0 atom stereocenters. The van der Waals surface area contributed by atoms with Gasteiger partial charge in [-0.15, -0.1) is 0 Å². The van der Waals surface area contributed by atoms with Gasteiger partial charge in [0.15, 0.2) is 5.11 Å². The van der Waals surface area contributed by atoms with E-state index < -0.39 is 35.9 Å². The zero-order valence-electron chi connectivity index (χ0n) is 18.4. The van der Waals surface area contributed by atoms with Gasteiger partial charge in [-0.05, 0) is 47.6 Å². The van der Waals surface area contributed by atoms with Gasteiger partial charge in [0.25, 0.3) is 20.2 Å². The minimum absolute atomic E-state index is 0. The SMILES string of the molecule is CNC(=S)Nc1ccc(/C=C/c2ccc(NC(=O)COC)cc2S(=O)(=O)O)c(S(=O)(=O)O)c1.[Na+]. The number of hydrogen-bond acceptors (Lipinski definition) is 7. The van der Waals surface area contributed by atoms with Crippen molar-refractivity contribution < 1.29 is 65.0 Å². The van der Waals surface area contributed by atoms with Crippen LogP contribution in [-0.4, -0.2) is 57.7 Å². The summed E-state index contributed by atoms with van der Waals surface area (Å²) >= 11 is 4.96. The number of hydrogen-bond donors (Lipinski definition) is 5. The molecule has 11 nitrogen and oxygen atoms in total. The van der Waals surface area contributed by atoms with Gasteiger partial charge in [-0.2, -0.15) is 16.8 Å². The van der Waals surface area contributed by atoms with Crippen LogP contribution in [0.15, 0.2) is 46.2 Å². The van der Waals surface area contributed by atoms with E-state index in [2.05, 4.69) is 20.7 Å². The van der Waals surface area contributed by atoms with Gasteiger partial charge >= 0.3 is 29.6 Å². The van der Waals surface area contributed by atoms with Crippen molar-refractivity contribution in [3.8, 4) is 0 Å². The molecule has 0 fully saturated rings. The zero-order chi connectivity index (χ0) is 24.8. The average Bonchev–Trinajstić information content (AvgIpc) is 2.72. The van der Waals surface area contributed by atoms with E-state index in [9.17, 15) is 30.7 Å². The maximum Gasteiger partial charge on any atom is 1.00 e. The van der Waals surface area contributed by atoms with Crippen LogP contribution in [-0.2, 0) is 29.8 Å². The fourth-order valence-corrected chi connectivity index (χ4v) is 4.19. The molecule has 0 aromatic heterocycles. The molecule has 0 saturated carbocycles. The van der Waals surface area contributed by atoms with E-state index in [4.69, 9.17) is 12.2 Å². The standard InChI is InChI=1S/C19H21N3O8S3.Na/c1-20-19(31)22-15-8-6-13(17(10-15)33(27,28)29)4-3-12-5-7-14(21-18(23)11-30-2)9-16(12)32(24,25)26;/h3-10H,11H2,1-2H3,(H,21,23)(H2,20,22,31)(H,24,25,26)(H,27,28,29);/q;+1/b4-3+;. The van der Waals surface area contributed by atoms with Gasteiger partial charge in [-0.25, -0.2) is 0 Å². The minimum Gasteiger partial charge on any atom is -0.375 e. The molecule has 0 aliphatic carbocycles. The summed E-state index contributed by atoms with van der Waals surface area (Å²) in [6.07, 6.45) is 2.48. The van der Waals surface area contributed by atoms with Crippen LogP contribution in [0.25, 0.3) is 12.2 Å². The number of amides is 1. The van der Waals surface area contributed by atoms with Crippen molar-refractivity contribution in [2.24, 2.45) is 0 Å². The third-order valence-electron chi connectivity index (χ3n) is 4.07. The number of ether oxygens (including phenoxy) is 1. The second-order valence-corrected chi connectivity index (χ2v) is 9.66. The molecule has 2 rings (SSSR count). The number of thiocarbonyl (C=S) groups is 1. The van der Waals surface area contributed by atoms with E-state index in [0.717, 1.165) is 12.1 Å². The van der Waals surface area contributed by atoms with Crippen molar-refractivity contribution in [3.05, 3.63) is 47.5 Å². The van der Waals surface area contributed by atoms with E-state index in [1.807, 2.05) is 0 Å². The molecule has 0 aliphatic rings. The van der Waals surface area contributed by atoms with Crippen LogP contribution in [0, 0.1) is 0 Å². The molecule has 1 amide bonds. The van der Waals surface area contributed by atoms with E-state index >= 15 is 0 Å². The fraction of sp³-hybridized carbons (Fsp3) is 0.158. The second-order valence-electron chi connectivity index (χ2n) is 6.47. The van der Waals surface area contributed by atoms with Gasteiger partial charge in [0.1, 0.15) is 16.4 Å². The quantitative estimate of drug-likeness (QED) is 0.119. The summed E-state index contributed by atoms with van der Waals surface area (Å²) in [6, 6.07) is 7.74. The van der Waals surface area contributed by atoms with Gasteiger partial charge < -0.3 is 20.7 Å². The molecule has 5 N–H and O–H groups in total. The van der Waals surface area contributed by atoms with Crippen molar-refractivity contribution in [3.63, 3.8) is 0 Å². The summed E-state index contributed by atoms with van der Waals surface area (Å²) in [6.45, 7) is -0.259. The molecule has 178 valence electrons. The molecule has 2 aromatic rings. The number of methoxy groups -OCH3 is 1. The van der Waals surface area contributed by atoms with Gasteiger partial charge in [-0.1, -0.05) is 24.3 Å². The summed E-state index contributed by atoms with van der Waals surface area (Å²) in [5.74, 6) is -0.536. The number of anilines is 2. The normalized spacial score (nSPS) is 11.5. The predicted molar refractivity (Wildman–Crippen MR) is 127 cm³/mol. The molecule has 15 heteroatoms. The fourth-order valence-electron chi connectivity index (χ4n) is 2.65.